The summed E-state index contributed by atoms with van der Waals surface area (Å²) in [5, 5.41) is 0. The summed E-state index contributed by atoms with van der Waals surface area (Å²) >= 11 is 0. The molecule has 0 heteroatoms. The average molecular weight is 248 g/mol. The number of rotatable bonds is 7. The van der Waals surface area contributed by atoms with E-state index in [2.05, 4.69) is 52.0 Å². The smallest absolute Gasteiger partial charge is 0.00251 e. The molecule has 0 radical (unpaired) electrons. The van der Waals surface area contributed by atoms with Gasteiger partial charge in [0.05, 0.1) is 0 Å². The van der Waals surface area contributed by atoms with Crippen LogP contribution in [0.3, 0.4) is 0 Å². The molecule has 0 saturated carbocycles. The summed E-state index contributed by atoms with van der Waals surface area (Å²) in [6, 6.07) is 0. The molecule has 0 aliphatic heterocycles. The molecule has 0 aromatic carbocycles. The fourth-order valence-corrected chi connectivity index (χ4v) is 2.84. The first-order chi connectivity index (χ1) is 8.69. The lowest BCUT2D eigenvalue weighted by Crippen LogP contribution is -2.09. The first-order valence-corrected chi connectivity index (χ1v) is 8.05. The van der Waals surface area contributed by atoms with Crippen LogP contribution in [0.2, 0.25) is 0 Å². The highest BCUT2D eigenvalue weighted by Crippen LogP contribution is 2.29. The third-order valence-corrected chi connectivity index (χ3v) is 4.60. The minimum absolute atomic E-state index is 0.684. The topological polar surface area (TPSA) is 0 Å². The van der Waals surface area contributed by atoms with Crippen LogP contribution >= 0.6 is 0 Å². The minimum Gasteiger partial charge on any atom is -0.0845 e. The minimum atomic E-state index is 0.684. The van der Waals surface area contributed by atoms with E-state index in [0.29, 0.717) is 17.8 Å². The van der Waals surface area contributed by atoms with Crippen LogP contribution < -0.4 is 0 Å². The first-order valence-electron chi connectivity index (χ1n) is 8.05. The molecule has 0 spiro atoms. The molecule has 0 bridgehead atoms. The Kier molecular flexibility index (Phi) is 7.39. The van der Waals surface area contributed by atoms with Crippen LogP contribution in [0.4, 0.5) is 0 Å². The van der Waals surface area contributed by atoms with Crippen molar-refractivity contribution in [3.63, 3.8) is 0 Å². The summed E-state index contributed by atoms with van der Waals surface area (Å²) in [5.41, 5.74) is 0. The van der Waals surface area contributed by atoms with Gasteiger partial charge < -0.3 is 0 Å². The van der Waals surface area contributed by atoms with Gasteiger partial charge in [-0.2, -0.15) is 0 Å². The molecule has 1 aliphatic carbocycles. The first kappa shape index (κ1) is 15.5. The van der Waals surface area contributed by atoms with Crippen LogP contribution in [0.15, 0.2) is 24.3 Å². The van der Waals surface area contributed by atoms with E-state index in [-0.39, 0.29) is 0 Å². The van der Waals surface area contributed by atoms with Gasteiger partial charge in [0.1, 0.15) is 0 Å². The zero-order chi connectivity index (χ0) is 13.4. The van der Waals surface area contributed by atoms with Gasteiger partial charge in [-0.1, -0.05) is 84.1 Å². The van der Waals surface area contributed by atoms with Crippen molar-refractivity contribution in [1.29, 1.82) is 0 Å². The molecule has 0 aromatic heterocycles. The summed E-state index contributed by atoms with van der Waals surface area (Å²) in [7, 11) is 0. The van der Waals surface area contributed by atoms with Gasteiger partial charge in [-0.3, -0.25) is 0 Å². The number of allylic oxidation sites excluding steroid dienone is 4. The zero-order valence-electron chi connectivity index (χ0n) is 12.9. The third kappa shape index (κ3) is 5.00. The molecule has 3 unspecified atom stereocenters. The highest BCUT2D eigenvalue weighted by molar-refractivity contribution is 5.10. The predicted molar refractivity (Wildman–Crippen MR) is 82.6 cm³/mol. The summed E-state index contributed by atoms with van der Waals surface area (Å²) < 4.78 is 0. The van der Waals surface area contributed by atoms with E-state index in [9.17, 15) is 0 Å². The molecule has 0 aromatic rings. The largest absolute Gasteiger partial charge is 0.0845 e. The van der Waals surface area contributed by atoms with Crippen molar-refractivity contribution in [3.8, 4) is 0 Å². The SMILES string of the molecule is CCCCCCC(CC)C1C=CC(C)C(C)C=C1. The fraction of sp³-hybridized carbons (Fsp3) is 0.778. The van der Waals surface area contributed by atoms with Crippen LogP contribution in [-0.4, -0.2) is 0 Å². The Balaban J connectivity index is 2.48. The number of hydrogen-bond acceptors (Lipinski definition) is 0. The fourth-order valence-electron chi connectivity index (χ4n) is 2.84. The van der Waals surface area contributed by atoms with Crippen molar-refractivity contribution in [2.75, 3.05) is 0 Å². The van der Waals surface area contributed by atoms with Gasteiger partial charge in [0.15, 0.2) is 0 Å². The normalized spacial score (nSPS) is 29.2. The van der Waals surface area contributed by atoms with Crippen molar-refractivity contribution >= 4 is 0 Å². The second kappa shape index (κ2) is 8.56. The monoisotopic (exact) mass is 248 g/mol. The van der Waals surface area contributed by atoms with Crippen LogP contribution in [0.1, 0.15) is 66.2 Å². The quantitative estimate of drug-likeness (QED) is 0.383. The Morgan fingerprint density at radius 2 is 1.44 bits per heavy atom. The highest BCUT2D eigenvalue weighted by atomic mass is 14.2. The summed E-state index contributed by atoms with van der Waals surface area (Å²) in [4.78, 5) is 0. The molecular weight excluding hydrogens is 216 g/mol. The zero-order valence-corrected chi connectivity index (χ0v) is 12.9. The Labute approximate surface area is 115 Å². The van der Waals surface area contributed by atoms with E-state index in [0.717, 1.165) is 5.92 Å². The molecule has 0 amide bonds. The molecular formula is C18H32. The van der Waals surface area contributed by atoms with Crippen LogP contribution in [0.25, 0.3) is 0 Å². The van der Waals surface area contributed by atoms with Gasteiger partial charge in [0, 0.05) is 0 Å². The molecule has 0 saturated heterocycles. The van der Waals surface area contributed by atoms with Crippen LogP contribution in [0.5, 0.6) is 0 Å². The van der Waals surface area contributed by atoms with Crippen LogP contribution in [-0.2, 0) is 0 Å². The molecule has 0 heterocycles. The van der Waals surface area contributed by atoms with Crippen LogP contribution in [0, 0.1) is 23.7 Å². The lowest BCUT2D eigenvalue weighted by molar-refractivity contribution is 0.388. The van der Waals surface area contributed by atoms with Crippen molar-refractivity contribution < 1.29 is 0 Å². The van der Waals surface area contributed by atoms with E-state index in [1.165, 1.54) is 38.5 Å². The van der Waals surface area contributed by atoms with E-state index in [1.54, 1.807) is 0 Å². The lowest BCUT2D eigenvalue weighted by Gasteiger charge is -2.20. The number of unbranched alkanes of at least 4 members (excludes halogenated alkanes) is 3. The van der Waals surface area contributed by atoms with E-state index < -0.39 is 0 Å². The van der Waals surface area contributed by atoms with Gasteiger partial charge in [0.2, 0.25) is 0 Å². The average Bonchev–Trinajstić information content (AvgIpc) is 2.54. The number of hydrogen-bond donors (Lipinski definition) is 0. The third-order valence-electron chi connectivity index (χ3n) is 4.60. The van der Waals surface area contributed by atoms with Crippen molar-refractivity contribution in [2.24, 2.45) is 23.7 Å². The molecule has 3 atom stereocenters. The van der Waals surface area contributed by atoms with Crippen molar-refractivity contribution in [3.05, 3.63) is 24.3 Å². The molecule has 104 valence electrons. The molecule has 0 fully saturated rings. The highest BCUT2D eigenvalue weighted by Gasteiger charge is 2.18. The molecule has 0 N–H and O–H groups in total. The lowest BCUT2D eigenvalue weighted by atomic mass is 9.85. The van der Waals surface area contributed by atoms with Gasteiger partial charge in [-0.25, -0.2) is 0 Å². The van der Waals surface area contributed by atoms with Gasteiger partial charge in [-0.05, 0) is 30.1 Å². The Bertz CT molecular complexity index is 243. The second-order valence-corrected chi connectivity index (χ2v) is 6.08. The van der Waals surface area contributed by atoms with E-state index >= 15 is 0 Å². The molecule has 1 aliphatic rings. The van der Waals surface area contributed by atoms with Crippen molar-refractivity contribution in [2.45, 2.75) is 66.2 Å². The maximum Gasteiger partial charge on any atom is -0.00251 e. The summed E-state index contributed by atoms with van der Waals surface area (Å²) in [6.45, 7) is 9.30. The van der Waals surface area contributed by atoms with Gasteiger partial charge >= 0.3 is 0 Å². The molecule has 1 rings (SSSR count). The predicted octanol–water partition coefficient (Wildman–Crippen LogP) is 6.00. The Morgan fingerprint density at radius 3 is 1.94 bits per heavy atom. The maximum atomic E-state index is 2.47. The van der Waals surface area contributed by atoms with Crippen molar-refractivity contribution in [1.82, 2.24) is 0 Å². The van der Waals surface area contributed by atoms with E-state index in [4.69, 9.17) is 0 Å². The van der Waals surface area contributed by atoms with Gasteiger partial charge in [-0.15, -0.1) is 0 Å². The standard InChI is InChI=1S/C18H32/c1-5-7-8-9-10-17(6-2)18-13-11-15(3)16(4)12-14-18/h11-18H,5-10H2,1-4H3. The maximum absolute atomic E-state index is 2.47. The summed E-state index contributed by atoms with van der Waals surface area (Å²) in [5.74, 6) is 2.93. The Hall–Kier alpha value is -0.520. The van der Waals surface area contributed by atoms with E-state index in [1.807, 2.05) is 0 Å². The molecule has 18 heavy (non-hydrogen) atoms. The Morgan fingerprint density at radius 1 is 0.833 bits per heavy atom. The molecule has 0 nitrogen and oxygen atoms in total. The second-order valence-electron chi connectivity index (χ2n) is 6.08. The summed E-state index contributed by atoms with van der Waals surface area (Å²) in [6.07, 6.45) is 18.1. The van der Waals surface area contributed by atoms with Gasteiger partial charge in [0.25, 0.3) is 0 Å².